The zero-order valence-corrected chi connectivity index (χ0v) is 18.4. The number of hydrogen-bond acceptors (Lipinski definition) is 6. The Morgan fingerprint density at radius 2 is 1.88 bits per heavy atom. The number of nitrogens with zero attached hydrogens (tertiary/aromatic N) is 5. The Labute approximate surface area is 191 Å². The van der Waals surface area contributed by atoms with Crippen molar-refractivity contribution < 1.29 is 27.1 Å². The topological polar surface area (TPSA) is 98.6 Å². The first kappa shape index (κ1) is 23.2. The number of nitrogen functional groups attached to an aromatic ring is 1. The number of anilines is 2. The number of aromatic nitrogens is 4. The summed E-state index contributed by atoms with van der Waals surface area (Å²) in [6.45, 7) is 5.64. The molecular weight excluding hydrogens is 456 g/mol. The van der Waals surface area contributed by atoms with Gasteiger partial charge in [-0.15, -0.1) is 0 Å². The Kier molecular flexibility index (Phi) is 5.75. The van der Waals surface area contributed by atoms with E-state index >= 15 is 0 Å². The van der Waals surface area contributed by atoms with Gasteiger partial charge in [-0.05, 0) is 25.1 Å². The number of alkyl halides is 3. The number of imidazole rings is 1. The third kappa shape index (κ3) is 3.74. The van der Waals surface area contributed by atoms with E-state index in [1.807, 2.05) is 13.8 Å². The van der Waals surface area contributed by atoms with Gasteiger partial charge in [-0.25, -0.2) is 19.3 Å². The molecule has 0 fully saturated rings. The molecule has 0 saturated carbocycles. The second-order valence-corrected chi connectivity index (χ2v) is 7.17. The second kappa shape index (κ2) is 8.43. The summed E-state index contributed by atoms with van der Waals surface area (Å²) in [6.07, 6.45) is -3.15. The Hall–Kier alpha value is -3.96. The van der Waals surface area contributed by atoms with Crippen molar-refractivity contribution in [2.45, 2.75) is 26.9 Å². The van der Waals surface area contributed by atoms with Crippen molar-refractivity contribution in [1.29, 1.82) is 0 Å². The molecule has 1 amide bonds. The Morgan fingerprint density at radius 1 is 1.15 bits per heavy atom. The molecule has 2 N–H and O–H groups in total. The van der Waals surface area contributed by atoms with Gasteiger partial charge >= 0.3 is 6.18 Å². The lowest BCUT2D eigenvalue weighted by Crippen LogP contribution is -2.39. The van der Waals surface area contributed by atoms with Gasteiger partial charge in [0.15, 0.2) is 0 Å². The minimum absolute atomic E-state index is 0.00978. The number of benzene rings is 1. The molecule has 0 spiro atoms. The molecule has 0 saturated heterocycles. The summed E-state index contributed by atoms with van der Waals surface area (Å²) in [4.78, 5) is 26.2. The molecule has 0 bridgehead atoms. The fourth-order valence-electron chi connectivity index (χ4n) is 3.71. The number of amides is 1. The highest BCUT2D eigenvalue weighted by molar-refractivity contribution is 6.08. The van der Waals surface area contributed by atoms with Crippen LogP contribution in [-0.4, -0.2) is 38.4 Å². The Morgan fingerprint density at radius 3 is 2.59 bits per heavy atom. The minimum Gasteiger partial charge on any atom is -0.474 e. The summed E-state index contributed by atoms with van der Waals surface area (Å²) in [5, 5.41) is 0. The summed E-state index contributed by atoms with van der Waals surface area (Å²) >= 11 is 0. The van der Waals surface area contributed by atoms with E-state index in [4.69, 9.17) is 10.5 Å². The molecule has 34 heavy (non-hydrogen) atoms. The third-order valence-electron chi connectivity index (χ3n) is 5.20. The molecule has 4 heterocycles. The SMILES string of the molecule is CC.Cc1ncc2c(N)nc3cc(F)c(C(=O)N4CCOc5nc(C(F)(F)F)ccc54)cc3n12. The van der Waals surface area contributed by atoms with E-state index in [0.29, 0.717) is 16.9 Å². The fourth-order valence-corrected chi connectivity index (χ4v) is 3.71. The molecule has 1 aliphatic heterocycles. The highest BCUT2D eigenvalue weighted by Crippen LogP contribution is 2.36. The molecule has 3 aromatic heterocycles. The van der Waals surface area contributed by atoms with Crippen LogP contribution in [0.5, 0.6) is 5.88 Å². The molecule has 0 radical (unpaired) electrons. The van der Waals surface area contributed by atoms with Gasteiger partial charge in [0.2, 0.25) is 5.88 Å². The van der Waals surface area contributed by atoms with Gasteiger partial charge in [0, 0.05) is 6.07 Å². The van der Waals surface area contributed by atoms with Gasteiger partial charge < -0.3 is 10.5 Å². The van der Waals surface area contributed by atoms with E-state index in [9.17, 15) is 22.4 Å². The predicted molar refractivity (Wildman–Crippen MR) is 117 cm³/mol. The Balaban J connectivity index is 0.00000133. The molecular formula is C22H20F4N6O2. The summed E-state index contributed by atoms with van der Waals surface area (Å²) in [6, 6.07) is 4.25. The number of pyridine rings is 1. The number of rotatable bonds is 1. The average Bonchev–Trinajstić information content (AvgIpc) is 3.21. The van der Waals surface area contributed by atoms with Crippen molar-refractivity contribution in [3.63, 3.8) is 0 Å². The number of carbonyl (C=O) groups excluding carboxylic acids is 1. The standard InChI is InChI=1S/C20H14F4N6O2.C2H6/c1-9-26-8-15-17(25)27-12-7-11(21)10(6-14(12)30(9)15)19(31)29-4-5-32-18-13(29)2-3-16(28-18)20(22,23)24;1-2/h2-3,6-8H,4-5H2,1H3,(H2,25,27);1-2H3. The van der Waals surface area contributed by atoms with Crippen LogP contribution >= 0.6 is 0 Å². The quantitative estimate of drug-likeness (QED) is 0.409. The molecule has 0 atom stereocenters. The molecule has 0 aliphatic carbocycles. The van der Waals surface area contributed by atoms with Crippen LogP contribution in [0.2, 0.25) is 0 Å². The predicted octanol–water partition coefficient (Wildman–Crippen LogP) is 4.39. The smallest absolute Gasteiger partial charge is 0.433 e. The lowest BCUT2D eigenvalue weighted by molar-refractivity contribution is -0.141. The van der Waals surface area contributed by atoms with Crippen LogP contribution in [-0.2, 0) is 6.18 Å². The molecule has 12 heteroatoms. The van der Waals surface area contributed by atoms with Crippen molar-refractivity contribution in [2.75, 3.05) is 23.8 Å². The molecule has 178 valence electrons. The van der Waals surface area contributed by atoms with Gasteiger partial charge in [-0.3, -0.25) is 14.1 Å². The number of aryl methyl sites for hydroxylation is 1. The molecule has 8 nitrogen and oxygen atoms in total. The summed E-state index contributed by atoms with van der Waals surface area (Å²) in [5.41, 5.74) is 5.65. The Bertz CT molecular complexity index is 1420. The summed E-state index contributed by atoms with van der Waals surface area (Å²) in [7, 11) is 0. The lowest BCUT2D eigenvalue weighted by Gasteiger charge is -2.29. The third-order valence-corrected chi connectivity index (χ3v) is 5.20. The minimum atomic E-state index is -4.67. The summed E-state index contributed by atoms with van der Waals surface area (Å²) in [5.74, 6) is -1.23. The van der Waals surface area contributed by atoms with Crippen LogP contribution in [0.3, 0.4) is 0 Å². The van der Waals surface area contributed by atoms with E-state index in [1.54, 1.807) is 11.3 Å². The lowest BCUT2D eigenvalue weighted by atomic mass is 10.1. The van der Waals surface area contributed by atoms with E-state index in [2.05, 4.69) is 15.0 Å². The van der Waals surface area contributed by atoms with Gasteiger partial charge in [0.25, 0.3) is 5.91 Å². The first-order valence-electron chi connectivity index (χ1n) is 10.4. The maximum atomic E-state index is 14.9. The molecule has 1 aliphatic rings. The zero-order valence-electron chi connectivity index (χ0n) is 18.4. The normalized spacial score (nSPS) is 13.3. The fraction of sp³-hybridized carbons (Fsp3) is 0.273. The number of nitrogens with two attached hydrogens (primary N) is 1. The van der Waals surface area contributed by atoms with E-state index in [0.717, 1.165) is 23.1 Å². The van der Waals surface area contributed by atoms with Crippen LogP contribution in [0.15, 0.2) is 30.5 Å². The van der Waals surface area contributed by atoms with Gasteiger partial charge in [0.05, 0.1) is 29.3 Å². The van der Waals surface area contributed by atoms with Crippen molar-refractivity contribution in [1.82, 2.24) is 19.4 Å². The number of hydrogen-bond donors (Lipinski definition) is 1. The van der Waals surface area contributed by atoms with Crippen molar-refractivity contribution in [2.24, 2.45) is 0 Å². The van der Waals surface area contributed by atoms with Crippen molar-refractivity contribution in [3.05, 3.63) is 53.4 Å². The van der Waals surface area contributed by atoms with Crippen LogP contribution in [0.1, 0.15) is 35.7 Å². The van der Waals surface area contributed by atoms with Gasteiger partial charge in [0.1, 0.15) is 41.0 Å². The number of ether oxygens (including phenoxy) is 1. The number of carbonyl (C=O) groups is 1. The molecule has 1 aromatic carbocycles. The van der Waals surface area contributed by atoms with Gasteiger partial charge in [-0.1, -0.05) is 13.8 Å². The number of fused-ring (bicyclic) bond motifs is 4. The summed E-state index contributed by atoms with van der Waals surface area (Å²) < 4.78 is 60.7. The van der Waals surface area contributed by atoms with Crippen LogP contribution in [0, 0.1) is 12.7 Å². The van der Waals surface area contributed by atoms with E-state index in [-0.39, 0.29) is 41.6 Å². The molecule has 4 aromatic rings. The maximum absolute atomic E-state index is 14.9. The second-order valence-electron chi connectivity index (χ2n) is 7.17. The highest BCUT2D eigenvalue weighted by atomic mass is 19.4. The van der Waals surface area contributed by atoms with Crippen LogP contribution in [0.25, 0.3) is 16.6 Å². The van der Waals surface area contributed by atoms with E-state index in [1.165, 1.54) is 12.3 Å². The van der Waals surface area contributed by atoms with Crippen LogP contribution < -0.4 is 15.4 Å². The highest BCUT2D eigenvalue weighted by Gasteiger charge is 2.35. The first-order chi connectivity index (χ1) is 16.1. The zero-order chi connectivity index (χ0) is 24.8. The van der Waals surface area contributed by atoms with Crippen molar-refractivity contribution in [3.8, 4) is 5.88 Å². The first-order valence-corrected chi connectivity index (χ1v) is 10.4. The monoisotopic (exact) mass is 476 g/mol. The van der Waals surface area contributed by atoms with Crippen LogP contribution in [0.4, 0.5) is 29.1 Å². The average molecular weight is 476 g/mol. The number of halogens is 4. The van der Waals surface area contributed by atoms with Crippen molar-refractivity contribution >= 4 is 34.0 Å². The van der Waals surface area contributed by atoms with E-state index < -0.39 is 23.6 Å². The molecule has 5 rings (SSSR count). The largest absolute Gasteiger partial charge is 0.474 e. The maximum Gasteiger partial charge on any atom is 0.433 e. The van der Waals surface area contributed by atoms with Gasteiger partial charge in [-0.2, -0.15) is 13.2 Å². The molecule has 0 unspecified atom stereocenters.